The molecule has 54 valence electrons. The molecule has 0 bridgehead atoms. The molecule has 0 saturated carbocycles. The van der Waals surface area contributed by atoms with Crippen LogP contribution in [0.25, 0.3) is 0 Å². The summed E-state index contributed by atoms with van der Waals surface area (Å²) in [6.07, 6.45) is 6.15. The van der Waals surface area contributed by atoms with Crippen LogP contribution in [0.1, 0.15) is 30.2 Å². The lowest BCUT2D eigenvalue weighted by molar-refractivity contribution is -0.104. The first kappa shape index (κ1) is 4.12. The van der Waals surface area contributed by atoms with E-state index in [0.29, 0.717) is 23.9 Å². The van der Waals surface area contributed by atoms with Crippen LogP contribution in [-0.2, 0) is 4.79 Å². The number of carbonyl (C=O) groups excluding carboxylic acids is 1. The van der Waals surface area contributed by atoms with Crippen molar-refractivity contribution < 1.29 is 8.91 Å². The van der Waals surface area contributed by atoms with Crippen molar-refractivity contribution in [3.8, 4) is 0 Å². The van der Waals surface area contributed by atoms with Crippen LogP contribution in [0.5, 0.6) is 0 Å². The zero-order valence-corrected chi connectivity index (χ0v) is 5.76. The van der Waals surface area contributed by atoms with Gasteiger partial charge in [0.15, 0.2) is 0 Å². The van der Waals surface area contributed by atoms with E-state index in [9.17, 15) is 4.79 Å². The molecule has 0 radical (unpaired) electrons. The maximum absolute atomic E-state index is 10.3. The third-order valence-corrected chi connectivity index (χ3v) is 1.61. The minimum absolute atomic E-state index is 0.353. The van der Waals surface area contributed by atoms with E-state index in [1.165, 1.54) is 6.08 Å². The summed E-state index contributed by atoms with van der Waals surface area (Å²) in [5.41, 5.74) is 1.02. The molecular weight excluding hydrogens is 124 g/mol. The molecule has 1 heteroatoms. The van der Waals surface area contributed by atoms with Crippen LogP contribution < -0.4 is 0 Å². The third kappa shape index (κ3) is 1.56. The fraction of sp³-hybridized carbons (Fsp3) is 0.444. The van der Waals surface area contributed by atoms with Crippen molar-refractivity contribution in [1.29, 1.82) is 0 Å². The average molecular weight is 139 g/mol. The molecule has 0 N–H and O–H groups in total. The van der Waals surface area contributed by atoms with E-state index in [0.717, 1.165) is 12.8 Å². The molecule has 0 amide bonds. The highest BCUT2D eigenvalue weighted by atomic mass is 16.1. The number of allylic oxidation sites excluding steroid dienone is 4. The van der Waals surface area contributed by atoms with Gasteiger partial charge in [-0.3, -0.25) is 4.79 Å². The molecule has 0 aliphatic heterocycles. The Morgan fingerprint density at radius 1 is 1.80 bits per heavy atom. The van der Waals surface area contributed by atoms with Gasteiger partial charge in [-0.25, -0.2) is 0 Å². The standard InChI is InChI=1S/C9H12O/c1-8-4-2-3-5-9(8)6-7-10/h4,6-7H,2-3,5H2,1H3/b9-6-/i1D3. The summed E-state index contributed by atoms with van der Waals surface area (Å²) in [4.78, 5) is 10.3. The lowest BCUT2D eigenvalue weighted by Crippen LogP contribution is -1.93. The zero-order valence-electron chi connectivity index (χ0n) is 8.76. The highest BCUT2D eigenvalue weighted by Crippen LogP contribution is 2.22. The van der Waals surface area contributed by atoms with Gasteiger partial charge in [-0.15, -0.1) is 0 Å². The monoisotopic (exact) mass is 139 g/mol. The summed E-state index contributed by atoms with van der Waals surface area (Å²) in [6, 6.07) is 0. The molecule has 0 spiro atoms. The summed E-state index contributed by atoms with van der Waals surface area (Å²) in [5, 5.41) is 0. The van der Waals surface area contributed by atoms with E-state index in [4.69, 9.17) is 4.11 Å². The van der Waals surface area contributed by atoms with Gasteiger partial charge in [0.05, 0.1) is 0 Å². The van der Waals surface area contributed by atoms with Crippen molar-refractivity contribution in [3.05, 3.63) is 23.3 Å². The first-order valence-corrected chi connectivity index (χ1v) is 3.41. The molecule has 10 heavy (non-hydrogen) atoms. The first-order valence-electron chi connectivity index (χ1n) is 4.91. The highest BCUT2D eigenvalue weighted by molar-refractivity contribution is 5.68. The van der Waals surface area contributed by atoms with Gasteiger partial charge in [0.25, 0.3) is 0 Å². The van der Waals surface area contributed by atoms with Crippen LogP contribution >= 0.6 is 0 Å². The minimum atomic E-state index is -2.07. The van der Waals surface area contributed by atoms with E-state index < -0.39 is 6.85 Å². The molecule has 0 heterocycles. The van der Waals surface area contributed by atoms with Crippen molar-refractivity contribution in [3.63, 3.8) is 0 Å². The van der Waals surface area contributed by atoms with Crippen LogP contribution in [0.4, 0.5) is 0 Å². The predicted molar refractivity (Wildman–Crippen MR) is 41.8 cm³/mol. The van der Waals surface area contributed by atoms with Crippen LogP contribution in [0.2, 0.25) is 0 Å². The van der Waals surface area contributed by atoms with Gasteiger partial charge in [0.2, 0.25) is 0 Å². The van der Waals surface area contributed by atoms with Crippen molar-refractivity contribution in [1.82, 2.24) is 0 Å². The zero-order chi connectivity index (χ0) is 9.90. The molecule has 0 fully saturated rings. The van der Waals surface area contributed by atoms with E-state index in [-0.39, 0.29) is 0 Å². The molecule has 1 rings (SSSR count). The Hall–Kier alpha value is -0.850. The topological polar surface area (TPSA) is 17.1 Å². The van der Waals surface area contributed by atoms with E-state index in [1.807, 2.05) is 0 Å². The molecular formula is C9H12O. The molecule has 1 aliphatic rings. The van der Waals surface area contributed by atoms with Gasteiger partial charge in [-0.1, -0.05) is 11.6 Å². The second kappa shape index (κ2) is 3.35. The van der Waals surface area contributed by atoms with Crippen molar-refractivity contribution in [2.75, 3.05) is 0 Å². The fourth-order valence-corrected chi connectivity index (χ4v) is 1.06. The number of hydrogen-bond acceptors (Lipinski definition) is 1. The van der Waals surface area contributed by atoms with E-state index in [1.54, 1.807) is 6.08 Å². The summed E-state index contributed by atoms with van der Waals surface area (Å²) >= 11 is 0. The second-order valence-corrected chi connectivity index (χ2v) is 2.34. The minimum Gasteiger partial charge on any atom is -0.299 e. The predicted octanol–water partition coefficient (Wildman–Crippen LogP) is 2.24. The van der Waals surface area contributed by atoms with Gasteiger partial charge >= 0.3 is 0 Å². The van der Waals surface area contributed by atoms with Crippen LogP contribution in [-0.4, -0.2) is 6.29 Å². The van der Waals surface area contributed by atoms with E-state index >= 15 is 0 Å². The average Bonchev–Trinajstić information content (AvgIpc) is 2.04. The largest absolute Gasteiger partial charge is 0.299 e. The van der Waals surface area contributed by atoms with Gasteiger partial charge in [0, 0.05) is 4.11 Å². The molecule has 0 atom stereocenters. The molecule has 0 saturated heterocycles. The molecule has 0 unspecified atom stereocenters. The van der Waals surface area contributed by atoms with Gasteiger partial charge in [-0.05, 0) is 37.8 Å². The van der Waals surface area contributed by atoms with Crippen molar-refractivity contribution in [2.24, 2.45) is 0 Å². The third-order valence-electron chi connectivity index (χ3n) is 1.61. The lowest BCUT2D eigenvalue weighted by atomic mass is 9.95. The molecule has 0 aromatic rings. The Balaban J connectivity index is 2.97. The number of aldehydes is 1. The first-order chi connectivity index (χ1) is 6.05. The Morgan fingerprint density at radius 2 is 2.70 bits per heavy atom. The normalized spacial score (nSPS) is 28.2. The number of rotatable bonds is 1. The fourth-order valence-electron chi connectivity index (χ4n) is 1.06. The Morgan fingerprint density at radius 3 is 3.40 bits per heavy atom. The highest BCUT2D eigenvalue weighted by Gasteiger charge is 2.03. The van der Waals surface area contributed by atoms with Crippen molar-refractivity contribution >= 4 is 6.29 Å². The summed E-state index contributed by atoms with van der Waals surface area (Å²) in [7, 11) is 0. The maximum atomic E-state index is 10.3. The van der Waals surface area contributed by atoms with Gasteiger partial charge < -0.3 is 0 Å². The Bertz CT molecular complexity index is 261. The summed E-state index contributed by atoms with van der Waals surface area (Å²) < 4.78 is 21.7. The summed E-state index contributed by atoms with van der Waals surface area (Å²) in [5.74, 6) is 0. The van der Waals surface area contributed by atoms with Gasteiger partial charge in [0.1, 0.15) is 6.29 Å². The maximum Gasteiger partial charge on any atom is 0.143 e. The van der Waals surface area contributed by atoms with Crippen LogP contribution in [0, 0.1) is 0 Å². The smallest absolute Gasteiger partial charge is 0.143 e. The Kier molecular flexibility index (Phi) is 1.38. The molecule has 1 aliphatic carbocycles. The molecule has 1 nitrogen and oxygen atoms in total. The number of hydrogen-bond donors (Lipinski definition) is 0. The van der Waals surface area contributed by atoms with Gasteiger partial charge in [-0.2, -0.15) is 0 Å². The van der Waals surface area contributed by atoms with Crippen molar-refractivity contribution in [2.45, 2.75) is 26.1 Å². The SMILES string of the molecule is [2H]C([2H])([2H])C1=CCCC/C1=C/C=O. The number of carbonyl (C=O) groups is 1. The molecule has 0 aromatic carbocycles. The summed E-state index contributed by atoms with van der Waals surface area (Å²) in [6.45, 7) is -2.07. The van der Waals surface area contributed by atoms with Crippen LogP contribution in [0.3, 0.4) is 0 Å². The van der Waals surface area contributed by atoms with E-state index in [2.05, 4.69) is 0 Å². The second-order valence-electron chi connectivity index (χ2n) is 2.34. The quantitative estimate of drug-likeness (QED) is 0.402. The Labute approximate surface area is 65.7 Å². The lowest BCUT2D eigenvalue weighted by Gasteiger charge is -2.11. The molecule has 0 aromatic heterocycles. The van der Waals surface area contributed by atoms with Crippen LogP contribution in [0.15, 0.2) is 23.3 Å².